The molecule has 0 radical (unpaired) electrons. The van der Waals surface area contributed by atoms with Crippen molar-refractivity contribution < 1.29 is 0 Å². The summed E-state index contributed by atoms with van der Waals surface area (Å²) in [5.41, 5.74) is 26.9. The van der Waals surface area contributed by atoms with Gasteiger partial charge in [0.15, 0.2) is 0 Å². The molecule has 0 N–H and O–H groups in total. The van der Waals surface area contributed by atoms with Crippen molar-refractivity contribution >= 4 is 17.1 Å². The Morgan fingerprint density at radius 3 is 1.18 bits per heavy atom. The molecule has 0 heterocycles. The highest BCUT2D eigenvalue weighted by molar-refractivity contribution is 6.01. The predicted octanol–water partition coefficient (Wildman–Crippen LogP) is 17.6. The Morgan fingerprint density at radius 2 is 0.706 bits per heavy atom. The molecule has 18 rings (SSSR count). The third kappa shape index (κ3) is 5.40. The van der Waals surface area contributed by atoms with Gasteiger partial charge in [0.1, 0.15) is 0 Å². The second-order valence-electron chi connectivity index (χ2n) is 22.8. The SMILES string of the molecule is c1ccc(-c2ccc(N(c3ccc(-c4ccccc4)cc3)c3cccc4c3-c3ccccc3C43c4cc5c(cc4-c4cc6c(cc43)C3CC4CC(CC6C4)C3)C3CC4CC(C3)CC5C4)cc2)cc1. The monoisotopic (exact) mass is 875 g/mol. The second kappa shape index (κ2) is 14.3. The van der Waals surface area contributed by atoms with Crippen LogP contribution in [0, 0.1) is 23.7 Å². The first-order valence-corrected chi connectivity index (χ1v) is 26.3. The van der Waals surface area contributed by atoms with Gasteiger partial charge < -0.3 is 4.90 Å². The van der Waals surface area contributed by atoms with Crippen LogP contribution >= 0.6 is 0 Å². The van der Waals surface area contributed by atoms with Crippen molar-refractivity contribution in [2.45, 2.75) is 93.3 Å². The van der Waals surface area contributed by atoms with Gasteiger partial charge in [0.05, 0.1) is 11.1 Å². The van der Waals surface area contributed by atoms with Crippen molar-refractivity contribution in [1.82, 2.24) is 0 Å². The van der Waals surface area contributed by atoms with E-state index in [-0.39, 0.29) is 0 Å². The Balaban J connectivity index is 0.953. The van der Waals surface area contributed by atoms with Gasteiger partial charge in [-0.1, -0.05) is 146 Å². The maximum absolute atomic E-state index is 2.85. The third-order valence-corrected chi connectivity index (χ3v) is 19.3. The average molecular weight is 876 g/mol. The molecule has 330 valence electrons. The molecule has 0 aromatic heterocycles. The van der Waals surface area contributed by atoms with E-state index in [1.54, 1.807) is 44.5 Å². The van der Waals surface area contributed by atoms with Crippen molar-refractivity contribution in [2.75, 3.05) is 4.90 Å². The molecular formula is C67H57N. The predicted molar refractivity (Wildman–Crippen MR) is 279 cm³/mol. The van der Waals surface area contributed by atoms with Crippen LogP contribution in [0.25, 0.3) is 44.5 Å². The summed E-state index contributed by atoms with van der Waals surface area (Å²) in [7, 11) is 0. The Hall–Kier alpha value is -6.44. The van der Waals surface area contributed by atoms with Crippen LogP contribution in [-0.4, -0.2) is 0 Å². The summed E-state index contributed by atoms with van der Waals surface area (Å²) in [6, 6.07) is 68.6. The van der Waals surface area contributed by atoms with Crippen molar-refractivity contribution in [3.05, 3.63) is 220 Å². The van der Waals surface area contributed by atoms with E-state index in [1.165, 1.54) is 126 Å². The Bertz CT molecular complexity index is 3140. The van der Waals surface area contributed by atoms with E-state index in [0.717, 1.165) is 23.7 Å². The summed E-state index contributed by atoms with van der Waals surface area (Å²) in [5, 5.41) is 0. The van der Waals surface area contributed by atoms with Gasteiger partial charge in [0.25, 0.3) is 0 Å². The fraction of sp³-hybridized carbons (Fsp3) is 0.284. The number of rotatable bonds is 5. The van der Waals surface area contributed by atoms with Gasteiger partial charge in [-0.25, -0.2) is 0 Å². The molecule has 8 aromatic rings. The lowest BCUT2D eigenvalue weighted by Gasteiger charge is -2.38. The highest BCUT2D eigenvalue weighted by Gasteiger charge is 2.55. The van der Waals surface area contributed by atoms with Crippen LogP contribution in [0.3, 0.4) is 0 Å². The van der Waals surface area contributed by atoms with Crippen LogP contribution in [-0.2, 0) is 5.41 Å². The standard InChI is InChI=1S/C67H57N/c1-3-10-44(11-4-1)46-18-22-52(23-19-46)68(53-24-20-47(21-25-53)45-12-5-2-6-13-45)65-17-9-16-62-66(65)54-14-7-8-15-61(54)67(62)63-38-57-50-32-40-26-41(33-50)29-48(28-40)55(57)36-59(63)60-37-56-49-30-42-27-43(31-49)35-51(34-42)58(56)39-64(60)67/h1-25,36-43,48-51H,26-35H2. The van der Waals surface area contributed by atoms with E-state index in [9.17, 15) is 0 Å². The second-order valence-corrected chi connectivity index (χ2v) is 22.8. The molecule has 4 fully saturated rings. The summed E-state index contributed by atoms with van der Waals surface area (Å²) in [5.74, 6) is 6.38. The van der Waals surface area contributed by atoms with Crippen molar-refractivity contribution in [2.24, 2.45) is 23.7 Å². The van der Waals surface area contributed by atoms with Crippen molar-refractivity contribution in [3.8, 4) is 44.5 Å². The zero-order valence-corrected chi connectivity index (χ0v) is 38.9. The molecule has 8 aromatic carbocycles. The number of anilines is 3. The van der Waals surface area contributed by atoms with Crippen LogP contribution in [0.1, 0.15) is 132 Å². The van der Waals surface area contributed by atoms with Crippen molar-refractivity contribution in [1.29, 1.82) is 0 Å². The lowest BCUT2D eigenvalue weighted by molar-refractivity contribution is 0.165. The first kappa shape index (κ1) is 38.5. The van der Waals surface area contributed by atoms with Crippen molar-refractivity contribution in [3.63, 3.8) is 0 Å². The molecule has 1 nitrogen and oxygen atoms in total. The van der Waals surface area contributed by atoms with E-state index < -0.39 is 5.41 Å². The van der Waals surface area contributed by atoms with E-state index in [2.05, 4.69) is 181 Å². The van der Waals surface area contributed by atoms with Crippen LogP contribution in [0.2, 0.25) is 0 Å². The molecule has 4 atom stereocenters. The molecule has 1 spiro atoms. The van der Waals surface area contributed by atoms with Crippen LogP contribution < -0.4 is 4.90 Å². The Kier molecular flexibility index (Phi) is 8.10. The lowest BCUT2D eigenvalue weighted by atomic mass is 9.66. The molecule has 1 heteroatoms. The lowest BCUT2D eigenvalue weighted by Crippen LogP contribution is -2.27. The smallest absolute Gasteiger partial charge is 0.0726 e. The fourth-order valence-corrected chi connectivity index (χ4v) is 17.0. The van der Waals surface area contributed by atoms with E-state index in [0.29, 0.717) is 23.7 Å². The Labute approximate surface area is 401 Å². The van der Waals surface area contributed by atoms with E-state index >= 15 is 0 Å². The van der Waals surface area contributed by atoms with Crippen LogP contribution in [0.15, 0.2) is 176 Å². The van der Waals surface area contributed by atoms with Gasteiger partial charge in [-0.05, 0) is 225 Å². The summed E-state index contributed by atoms with van der Waals surface area (Å²) >= 11 is 0. The normalized spacial score (nSPS) is 27.8. The van der Waals surface area contributed by atoms with Crippen LogP contribution in [0.4, 0.5) is 17.1 Å². The number of fused-ring (bicyclic) bond motifs is 10. The number of hydrogen-bond acceptors (Lipinski definition) is 1. The highest BCUT2D eigenvalue weighted by Crippen LogP contribution is 2.68. The highest BCUT2D eigenvalue weighted by atomic mass is 15.1. The third-order valence-electron chi connectivity index (χ3n) is 19.3. The molecule has 68 heavy (non-hydrogen) atoms. The minimum absolute atomic E-state index is 0.399. The summed E-state index contributed by atoms with van der Waals surface area (Å²) in [6.45, 7) is 0. The molecule has 0 saturated heterocycles. The largest absolute Gasteiger partial charge is 0.310 e. The topological polar surface area (TPSA) is 3.24 Å². The molecule has 4 unspecified atom stereocenters. The van der Waals surface area contributed by atoms with Gasteiger partial charge in [-0.2, -0.15) is 0 Å². The maximum Gasteiger partial charge on any atom is 0.0726 e. The van der Waals surface area contributed by atoms with Gasteiger partial charge >= 0.3 is 0 Å². The van der Waals surface area contributed by atoms with Gasteiger partial charge in [-0.3, -0.25) is 0 Å². The summed E-state index contributed by atoms with van der Waals surface area (Å²) in [6.07, 6.45) is 14.1. The molecule has 10 aliphatic carbocycles. The first-order chi connectivity index (χ1) is 33.6. The minimum atomic E-state index is -0.399. The number of nitrogens with zero attached hydrogens (tertiary/aromatic N) is 1. The summed E-state index contributed by atoms with van der Waals surface area (Å²) in [4.78, 5) is 2.56. The molecule has 4 saturated carbocycles. The molecule has 8 bridgehead atoms. The quantitative estimate of drug-likeness (QED) is 0.167. The fourth-order valence-electron chi connectivity index (χ4n) is 17.0. The molecule has 0 aliphatic heterocycles. The van der Waals surface area contributed by atoms with E-state index in [4.69, 9.17) is 0 Å². The summed E-state index contributed by atoms with van der Waals surface area (Å²) < 4.78 is 0. The number of hydrogen-bond donors (Lipinski definition) is 0. The number of benzene rings is 8. The van der Waals surface area contributed by atoms with Gasteiger partial charge in [-0.15, -0.1) is 0 Å². The Morgan fingerprint density at radius 1 is 0.309 bits per heavy atom. The van der Waals surface area contributed by atoms with Crippen LogP contribution in [0.5, 0.6) is 0 Å². The van der Waals surface area contributed by atoms with Gasteiger partial charge in [0.2, 0.25) is 0 Å². The molecule has 10 aliphatic rings. The molecular weight excluding hydrogens is 819 g/mol. The van der Waals surface area contributed by atoms with Gasteiger partial charge in [0, 0.05) is 16.9 Å². The molecule has 0 amide bonds. The minimum Gasteiger partial charge on any atom is -0.310 e. The first-order valence-electron chi connectivity index (χ1n) is 26.3. The maximum atomic E-state index is 2.85. The zero-order valence-electron chi connectivity index (χ0n) is 38.9. The zero-order chi connectivity index (χ0) is 44.2. The van der Waals surface area contributed by atoms with E-state index in [1.807, 2.05) is 0 Å². The average Bonchev–Trinajstić information content (AvgIpc) is 3.69.